The van der Waals surface area contributed by atoms with Gasteiger partial charge in [0.1, 0.15) is 11.4 Å². The highest BCUT2D eigenvalue weighted by Gasteiger charge is 2.28. The Bertz CT molecular complexity index is 959. The fraction of sp³-hybridized carbons (Fsp3) is 0.565. The van der Waals surface area contributed by atoms with E-state index in [2.05, 4.69) is 48.3 Å². The summed E-state index contributed by atoms with van der Waals surface area (Å²) in [7, 11) is 0. The molecule has 2 aromatic rings. The normalized spacial score (nSPS) is 19.2. The van der Waals surface area contributed by atoms with Gasteiger partial charge in [-0.1, -0.05) is 19.4 Å². The van der Waals surface area contributed by atoms with Crippen molar-refractivity contribution >= 4 is 23.7 Å². The molecular weight excluding hydrogens is 406 g/mol. The molecule has 0 spiro atoms. The van der Waals surface area contributed by atoms with E-state index in [9.17, 15) is 4.79 Å². The largest absolute Gasteiger partial charge is 0.444 e. The van der Waals surface area contributed by atoms with Crippen molar-refractivity contribution in [2.75, 3.05) is 23.3 Å². The number of carbonyl (C=O) groups excluding carboxylic acids is 1. The van der Waals surface area contributed by atoms with Crippen molar-refractivity contribution < 1.29 is 9.53 Å². The summed E-state index contributed by atoms with van der Waals surface area (Å²) in [4.78, 5) is 23.2. The van der Waals surface area contributed by atoms with Crippen LogP contribution in [0.5, 0.6) is 0 Å². The molecule has 1 atom stereocenters. The number of hydrogen-bond donors (Lipinski definition) is 3. The maximum Gasteiger partial charge on any atom is 0.411 e. The first-order valence-corrected chi connectivity index (χ1v) is 11.4. The molecule has 2 fully saturated rings. The van der Waals surface area contributed by atoms with E-state index in [0.29, 0.717) is 29.9 Å². The highest BCUT2D eigenvalue weighted by Crippen LogP contribution is 2.34. The van der Waals surface area contributed by atoms with Gasteiger partial charge in [-0.15, -0.1) is 0 Å². The molecule has 1 aliphatic carbocycles. The molecule has 1 amide bonds. The number of aromatic amines is 1. The standard InChI is InChI=1S/C23H33N7O2/c1-15(25-22(31)32-23(2,3)4)17-10-12-30(14-17)21-24-11-9-19(27-21)26-20-13-18(28-29-20)16-7-5-6-8-16/h9,11,13,16-17H,1,5-8,10,12,14H2,2-4H3,(H,25,31)(H2,24,26,27,28,29)/t17-/m1/s1. The zero-order valence-electron chi connectivity index (χ0n) is 19.1. The van der Waals surface area contributed by atoms with Crippen molar-refractivity contribution in [2.45, 2.75) is 64.4 Å². The Hall–Kier alpha value is -3.10. The van der Waals surface area contributed by atoms with E-state index in [4.69, 9.17) is 4.74 Å². The molecule has 0 radical (unpaired) electrons. The van der Waals surface area contributed by atoms with Crippen molar-refractivity contribution in [3.63, 3.8) is 0 Å². The number of alkyl carbamates (subject to hydrolysis) is 1. The van der Waals surface area contributed by atoms with Gasteiger partial charge in [0.25, 0.3) is 0 Å². The Morgan fingerprint density at radius 2 is 2.03 bits per heavy atom. The molecule has 1 saturated carbocycles. The molecule has 1 saturated heterocycles. The SMILES string of the molecule is C=C(NC(=O)OC(C)(C)C)[C@@H]1CCN(c2nccc(Nc3cc(C4CCCC4)[nH]n3)n2)C1. The Labute approximate surface area is 189 Å². The fourth-order valence-corrected chi connectivity index (χ4v) is 4.31. The van der Waals surface area contributed by atoms with Crippen LogP contribution in [0, 0.1) is 5.92 Å². The van der Waals surface area contributed by atoms with Crippen LogP contribution in [0.4, 0.5) is 22.4 Å². The topological polar surface area (TPSA) is 108 Å². The molecule has 9 heteroatoms. The van der Waals surface area contributed by atoms with E-state index < -0.39 is 11.7 Å². The van der Waals surface area contributed by atoms with Gasteiger partial charge < -0.3 is 15.0 Å². The number of anilines is 3. The molecule has 3 N–H and O–H groups in total. The van der Waals surface area contributed by atoms with E-state index in [-0.39, 0.29) is 5.92 Å². The van der Waals surface area contributed by atoms with Gasteiger partial charge in [-0.25, -0.2) is 9.78 Å². The van der Waals surface area contributed by atoms with Crippen LogP contribution >= 0.6 is 0 Å². The highest BCUT2D eigenvalue weighted by molar-refractivity contribution is 5.70. The van der Waals surface area contributed by atoms with Crippen molar-refractivity contribution in [1.29, 1.82) is 0 Å². The van der Waals surface area contributed by atoms with E-state index in [1.165, 1.54) is 31.4 Å². The summed E-state index contributed by atoms with van der Waals surface area (Å²) in [5, 5.41) is 13.6. The van der Waals surface area contributed by atoms with E-state index in [1.807, 2.05) is 26.8 Å². The van der Waals surface area contributed by atoms with Crippen molar-refractivity contribution in [2.24, 2.45) is 5.92 Å². The maximum atomic E-state index is 12.0. The van der Waals surface area contributed by atoms with E-state index in [0.717, 1.165) is 18.8 Å². The monoisotopic (exact) mass is 439 g/mol. The lowest BCUT2D eigenvalue weighted by Crippen LogP contribution is -2.34. The van der Waals surface area contributed by atoms with Crippen molar-refractivity contribution in [3.05, 3.63) is 36.3 Å². The summed E-state index contributed by atoms with van der Waals surface area (Å²) in [6.07, 6.45) is 7.17. The minimum Gasteiger partial charge on any atom is -0.444 e. The first-order chi connectivity index (χ1) is 15.3. The van der Waals surface area contributed by atoms with Crippen molar-refractivity contribution in [3.8, 4) is 0 Å². The minimum atomic E-state index is -0.542. The Morgan fingerprint density at radius 3 is 2.78 bits per heavy atom. The molecule has 32 heavy (non-hydrogen) atoms. The van der Waals surface area contributed by atoms with Gasteiger partial charge in [0.15, 0.2) is 5.82 Å². The summed E-state index contributed by atoms with van der Waals surface area (Å²) < 4.78 is 5.32. The summed E-state index contributed by atoms with van der Waals surface area (Å²) >= 11 is 0. The average molecular weight is 440 g/mol. The third-order valence-corrected chi connectivity index (χ3v) is 5.92. The van der Waals surface area contributed by atoms with Crippen LogP contribution in [-0.4, -0.2) is 44.9 Å². The van der Waals surface area contributed by atoms with Gasteiger partial charge in [-0.2, -0.15) is 10.1 Å². The first-order valence-electron chi connectivity index (χ1n) is 11.4. The van der Waals surface area contributed by atoms with Gasteiger partial charge in [0.2, 0.25) is 5.95 Å². The van der Waals surface area contributed by atoms with Gasteiger partial charge in [-0.05, 0) is 46.1 Å². The summed E-state index contributed by atoms with van der Waals surface area (Å²) in [5.74, 6) is 2.82. The molecule has 2 aliphatic rings. The Balaban J connectivity index is 1.33. The predicted octanol–water partition coefficient (Wildman–Crippen LogP) is 4.47. The number of carbonyl (C=O) groups is 1. The molecule has 4 rings (SSSR count). The van der Waals surface area contributed by atoms with Crippen LogP contribution in [-0.2, 0) is 4.74 Å². The van der Waals surface area contributed by atoms with Crippen LogP contribution in [0.3, 0.4) is 0 Å². The number of H-pyrrole nitrogens is 1. The van der Waals surface area contributed by atoms with Crippen LogP contribution in [0.2, 0.25) is 0 Å². The number of nitrogens with one attached hydrogen (secondary N) is 3. The second-order valence-corrected chi connectivity index (χ2v) is 9.64. The third-order valence-electron chi connectivity index (χ3n) is 5.92. The second kappa shape index (κ2) is 9.18. The number of rotatable bonds is 6. The van der Waals surface area contributed by atoms with E-state index >= 15 is 0 Å². The Kier molecular flexibility index (Phi) is 6.34. The van der Waals surface area contributed by atoms with Crippen LogP contribution in [0.25, 0.3) is 0 Å². The zero-order valence-corrected chi connectivity index (χ0v) is 19.1. The molecule has 1 aliphatic heterocycles. The smallest absolute Gasteiger partial charge is 0.411 e. The molecule has 0 unspecified atom stereocenters. The van der Waals surface area contributed by atoms with Gasteiger partial charge >= 0.3 is 6.09 Å². The summed E-state index contributed by atoms with van der Waals surface area (Å²) in [5.41, 5.74) is 1.31. The Morgan fingerprint density at radius 1 is 1.25 bits per heavy atom. The fourth-order valence-electron chi connectivity index (χ4n) is 4.31. The van der Waals surface area contributed by atoms with E-state index in [1.54, 1.807) is 6.20 Å². The second-order valence-electron chi connectivity index (χ2n) is 9.64. The quantitative estimate of drug-likeness (QED) is 0.609. The van der Waals surface area contributed by atoms with Crippen LogP contribution < -0.4 is 15.5 Å². The first kappa shape index (κ1) is 22.1. The molecule has 2 aromatic heterocycles. The average Bonchev–Trinajstić information content (AvgIpc) is 3.48. The van der Waals surface area contributed by atoms with Crippen LogP contribution in [0.1, 0.15) is 64.5 Å². The highest BCUT2D eigenvalue weighted by atomic mass is 16.6. The van der Waals surface area contributed by atoms with Gasteiger partial charge in [0.05, 0.1) is 0 Å². The predicted molar refractivity (Wildman–Crippen MR) is 124 cm³/mol. The number of aromatic nitrogens is 4. The lowest BCUT2D eigenvalue weighted by Gasteiger charge is -2.22. The lowest BCUT2D eigenvalue weighted by molar-refractivity contribution is 0.0541. The number of hydrogen-bond acceptors (Lipinski definition) is 7. The number of amides is 1. The molecule has 0 bridgehead atoms. The van der Waals surface area contributed by atoms with Gasteiger partial charge in [-0.3, -0.25) is 10.4 Å². The number of nitrogens with zero attached hydrogens (tertiary/aromatic N) is 4. The summed E-state index contributed by atoms with van der Waals surface area (Å²) in [6, 6.07) is 3.92. The van der Waals surface area contributed by atoms with Crippen LogP contribution in [0.15, 0.2) is 30.6 Å². The lowest BCUT2D eigenvalue weighted by atomic mass is 10.0. The third kappa shape index (κ3) is 5.57. The van der Waals surface area contributed by atoms with Gasteiger partial charge in [0, 0.05) is 48.6 Å². The molecular formula is C23H33N7O2. The summed E-state index contributed by atoms with van der Waals surface area (Å²) in [6.45, 7) is 11.0. The van der Waals surface area contributed by atoms with Crippen molar-refractivity contribution in [1.82, 2.24) is 25.5 Å². The molecule has 3 heterocycles. The molecule has 0 aromatic carbocycles. The number of ether oxygens (including phenoxy) is 1. The minimum absolute atomic E-state index is 0.114. The molecule has 9 nitrogen and oxygen atoms in total. The molecule has 172 valence electrons. The maximum absolute atomic E-state index is 12.0. The zero-order chi connectivity index (χ0) is 22.7.